The monoisotopic (exact) mass is 818 g/mol. The zero-order valence-corrected chi connectivity index (χ0v) is 35.8. The number of fused-ring (bicyclic) bond motifs is 6. The molecular formula is C62H46N2. The minimum absolute atomic E-state index is 0.437. The van der Waals surface area contributed by atoms with Crippen LogP contribution in [0.15, 0.2) is 255 Å². The number of para-hydroxylation sites is 2. The number of aromatic nitrogens is 1. The van der Waals surface area contributed by atoms with Gasteiger partial charge in [0.15, 0.2) is 0 Å². The highest BCUT2D eigenvalue weighted by Gasteiger charge is 2.46. The summed E-state index contributed by atoms with van der Waals surface area (Å²) < 4.78 is 2.41. The van der Waals surface area contributed by atoms with Crippen LogP contribution in [-0.2, 0) is 5.41 Å². The average Bonchev–Trinajstić information content (AvgIpc) is 3.87. The van der Waals surface area contributed by atoms with E-state index in [-0.39, 0.29) is 0 Å². The van der Waals surface area contributed by atoms with E-state index in [0.717, 1.165) is 28.2 Å². The molecule has 0 aliphatic heterocycles. The predicted octanol–water partition coefficient (Wildman–Crippen LogP) is 15.8. The molecule has 2 heteroatoms. The van der Waals surface area contributed by atoms with E-state index >= 15 is 0 Å². The van der Waals surface area contributed by atoms with Crippen LogP contribution >= 0.6 is 0 Å². The molecule has 0 spiro atoms. The Kier molecular flexibility index (Phi) is 9.63. The van der Waals surface area contributed by atoms with Crippen LogP contribution in [0.1, 0.15) is 22.3 Å². The number of benzene rings is 9. The van der Waals surface area contributed by atoms with Crippen molar-refractivity contribution in [2.45, 2.75) is 5.41 Å². The Hall–Kier alpha value is -8.20. The second-order valence-corrected chi connectivity index (χ2v) is 16.6. The first-order valence-electron chi connectivity index (χ1n) is 22.0. The Balaban J connectivity index is 0.993. The summed E-state index contributed by atoms with van der Waals surface area (Å²) in [5, 5.41) is 2.46. The largest absolute Gasteiger partial charge is 0.345 e. The minimum atomic E-state index is -0.437. The number of hydrogen-bond acceptors (Lipinski definition) is 1. The van der Waals surface area contributed by atoms with Gasteiger partial charge >= 0.3 is 0 Å². The van der Waals surface area contributed by atoms with E-state index in [1.807, 2.05) is 12.2 Å². The van der Waals surface area contributed by atoms with Crippen LogP contribution in [0.3, 0.4) is 0 Å². The molecule has 0 amide bonds. The Labute approximate surface area is 375 Å². The molecule has 1 heterocycles. The maximum atomic E-state index is 4.30. The molecule has 1 aliphatic carbocycles. The van der Waals surface area contributed by atoms with E-state index in [1.165, 1.54) is 77.4 Å². The molecule has 9 aromatic carbocycles. The maximum absolute atomic E-state index is 4.30. The molecule has 0 saturated heterocycles. The van der Waals surface area contributed by atoms with Crippen LogP contribution in [0.25, 0.3) is 72.0 Å². The molecule has 0 N–H and O–H groups in total. The fraction of sp³-hybridized carbons (Fsp3) is 0.0323. The second kappa shape index (κ2) is 15.9. The molecule has 0 unspecified atom stereocenters. The molecule has 2 nitrogen and oxygen atoms in total. The summed E-state index contributed by atoms with van der Waals surface area (Å²) in [6.45, 7) is 8.12. The van der Waals surface area contributed by atoms with Crippen molar-refractivity contribution in [2.75, 3.05) is 11.9 Å². The molecular weight excluding hydrogens is 773 g/mol. The lowest BCUT2D eigenvalue weighted by molar-refractivity contribution is 0.768. The molecule has 0 saturated carbocycles. The second-order valence-electron chi connectivity index (χ2n) is 16.6. The highest BCUT2D eigenvalue weighted by Crippen LogP contribution is 2.58. The van der Waals surface area contributed by atoms with Crippen molar-refractivity contribution >= 4 is 27.5 Å². The van der Waals surface area contributed by atoms with E-state index < -0.39 is 5.41 Å². The topological polar surface area (TPSA) is 8.17 Å². The van der Waals surface area contributed by atoms with Crippen LogP contribution in [0.5, 0.6) is 0 Å². The van der Waals surface area contributed by atoms with Gasteiger partial charge in [-0.15, -0.1) is 0 Å². The first kappa shape index (κ1) is 38.7. The number of rotatable bonds is 10. The number of nitrogens with zero attached hydrogens (tertiary/aromatic N) is 2. The lowest BCUT2D eigenvalue weighted by Crippen LogP contribution is -2.28. The Morgan fingerprint density at radius 1 is 0.484 bits per heavy atom. The van der Waals surface area contributed by atoms with Crippen LogP contribution in [0, 0.1) is 0 Å². The van der Waals surface area contributed by atoms with Crippen molar-refractivity contribution < 1.29 is 0 Å². The summed E-state index contributed by atoms with van der Waals surface area (Å²) in [6.07, 6.45) is 5.67. The smallest absolute Gasteiger partial charge is 0.0713 e. The fourth-order valence-electron chi connectivity index (χ4n) is 10.3. The zero-order chi connectivity index (χ0) is 43.2. The van der Waals surface area contributed by atoms with Gasteiger partial charge in [0.2, 0.25) is 0 Å². The van der Waals surface area contributed by atoms with E-state index in [9.17, 15) is 0 Å². The summed E-state index contributed by atoms with van der Waals surface area (Å²) in [6, 6.07) is 80.2. The third-order valence-corrected chi connectivity index (χ3v) is 13.2. The number of hydrogen-bond donors (Lipinski definition) is 0. The van der Waals surface area contributed by atoms with E-state index in [0.29, 0.717) is 0 Å². The van der Waals surface area contributed by atoms with Crippen molar-refractivity contribution in [3.05, 3.63) is 278 Å². The van der Waals surface area contributed by atoms with Gasteiger partial charge in [-0.1, -0.05) is 201 Å². The Bertz CT molecular complexity index is 3380. The summed E-state index contributed by atoms with van der Waals surface area (Å²) in [5.41, 5.74) is 19.9. The average molecular weight is 819 g/mol. The lowest BCUT2D eigenvalue weighted by atomic mass is 9.67. The highest BCUT2D eigenvalue weighted by molar-refractivity contribution is 6.10. The van der Waals surface area contributed by atoms with Crippen LogP contribution in [0.4, 0.5) is 5.69 Å². The zero-order valence-electron chi connectivity index (χ0n) is 35.8. The Morgan fingerprint density at radius 2 is 1.06 bits per heavy atom. The standard InChI is InChI=1S/C62H46N2/c1-4-5-20-43(2)63(3)58-33-16-13-27-51(58)47-22-18-21-45(41-47)46-37-40-60-55(42-46)53-28-14-17-34-59(53)64(60)50-38-35-44(36-39-50)52-30-19-32-57-61(52)54-29-12-15-31-56(54)62(57,48-23-8-6-9-24-48)49-25-10-7-11-26-49/h4-42H,1-2H2,3H3/b20-5-. The van der Waals surface area contributed by atoms with Gasteiger partial charge in [-0.05, 0) is 110 Å². The molecule has 0 atom stereocenters. The maximum Gasteiger partial charge on any atom is 0.0713 e. The summed E-state index contributed by atoms with van der Waals surface area (Å²) in [5.74, 6) is 0. The minimum Gasteiger partial charge on any atom is -0.345 e. The molecule has 304 valence electrons. The van der Waals surface area contributed by atoms with Gasteiger partial charge in [0.1, 0.15) is 0 Å². The van der Waals surface area contributed by atoms with Crippen molar-refractivity contribution in [1.82, 2.24) is 4.57 Å². The summed E-state index contributed by atoms with van der Waals surface area (Å²) in [4.78, 5) is 2.13. The number of anilines is 1. The van der Waals surface area contributed by atoms with Gasteiger partial charge in [0.05, 0.1) is 16.4 Å². The summed E-state index contributed by atoms with van der Waals surface area (Å²) in [7, 11) is 2.06. The van der Waals surface area contributed by atoms with Crippen molar-refractivity contribution in [3.8, 4) is 50.2 Å². The van der Waals surface area contributed by atoms with Crippen LogP contribution in [0.2, 0.25) is 0 Å². The van der Waals surface area contributed by atoms with Crippen LogP contribution < -0.4 is 4.90 Å². The molecule has 1 aliphatic rings. The van der Waals surface area contributed by atoms with E-state index in [1.54, 1.807) is 6.08 Å². The normalized spacial score (nSPS) is 12.6. The first-order chi connectivity index (χ1) is 31.6. The van der Waals surface area contributed by atoms with Gasteiger partial charge < -0.3 is 9.47 Å². The van der Waals surface area contributed by atoms with Crippen molar-refractivity contribution in [2.24, 2.45) is 0 Å². The van der Waals surface area contributed by atoms with Gasteiger partial charge in [0, 0.05) is 40.5 Å². The highest BCUT2D eigenvalue weighted by atomic mass is 15.1. The molecule has 0 fully saturated rings. The molecule has 0 bridgehead atoms. The molecule has 1 aromatic heterocycles. The lowest BCUT2D eigenvalue weighted by Gasteiger charge is -2.34. The molecule has 10 aromatic rings. The SMILES string of the molecule is C=C/C=C\C(=C)N(C)c1ccccc1-c1cccc(-c2ccc3c(c2)c2ccccc2n3-c2ccc(-c3cccc4c3-c3ccccc3C4(c3ccccc3)c3ccccc3)cc2)c1. The number of allylic oxidation sites excluding steroid dienone is 3. The first-order valence-corrected chi connectivity index (χ1v) is 22.0. The summed E-state index contributed by atoms with van der Waals surface area (Å²) >= 11 is 0. The van der Waals surface area contributed by atoms with Gasteiger partial charge in [-0.25, -0.2) is 0 Å². The van der Waals surface area contributed by atoms with Crippen molar-refractivity contribution in [1.29, 1.82) is 0 Å². The molecule has 64 heavy (non-hydrogen) atoms. The third kappa shape index (κ3) is 6.18. The fourth-order valence-corrected chi connectivity index (χ4v) is 10.3. The third-order valence-electron chi connectivity index (χ3n) is 13.2. The van der Waals surface area contributed by atoms with Crippen molar-refractivity contribution in [3.63, 3.8) is 0 Å². The van der Waals surface area contributed by atoms with Crippen LogP contribution in [-0.4, -0.2) is 11.6 Å². The molecule has 0 radical (unpaired) electrons. The van der Waals surface area contributed by atoms with Gasteiger partial charge in [-0.2, -0.15) is 0 Å². The quantitative estimate of drug-likeness (QED) is 0.125. The Morgan fingerprint density at radius 3 is 1.83 bits per heavy atom. The predicted molar refractivity (Wildman–Crippen MR) is 271 cm³/mol. The molecule has 11 rings (SSSR count). The van der Waals surface area contributed by atoms with Gasteiger partial charge in [-0.3, -0.25) is 0 Å². The van der Waals surface area contributed by atoms with E-state index in [2.05, 4.69) is 248 Å². The van der Waals surface area contributed by atoms with Gasteiger partial charge in [0.25, 0.3) is 0 Å². The number of likely N-dealkylation sites (N-methyl/N-ethyl adjacent to an activating group) is 1. The van der Waals surface area contributed by atoms with E-state index in [4.69, 9.17) is 0 Å².